The first kappa shape index (κ1) is 17.8. The summed E-state index contributed by atoms with van der Waals surface area (Å²) < 4.78 is 58.0. The Morgan fingerprint density at radius 2 is 1.95 bits per heavy atom. The van der Waals surface area contributed by atoms with E-state index < -0.39 is 26.6 Å². The van der Waals surface area contributed by atoms with E-state index in [9.17, 15) is 17.2 Å². The first-order chi connectivity index (χ1) is 9.74. The molecule has 8 heteroatoms. The molecule has 0 aromatic heterocycles. The number of sulfonamides is 1. The number of rotatable bonds is 8. The molecule has 1 aromatic rings. The van der Waals surface area contributed by atoms with Crippen molar-refractivity contribution in [3.8, 4) is 0 Å². The third kappa shape index (κ3) is 5.56. The van der Waals surface area contributed by atoms with Crippen LogP contribution in [0.4, 0.5) is 14.5 Å². The average Bonchev–Trinajstić information content (AvgIpc) is 2.37. The molecule has 0 spiro atoms. The Kier molecular flexibility index (Phi) is 6.50. The Morgan fingerprint density at radius 1 is 1.29 bits per heavy atom. The van der Waals surface area contributed by atoms with E-state index >= 15 is 0 Å². The van der Waals surface area contributed by atoms with E-state index in [1.165, 1.54) is 0 Å². The summed E-state index contributed by atoms with van der Waals surface area (Å²) in [6.45, 7) is 4.43. The maximum atomic E-state index is 13.5. The molecule has 0 aliphatic rings. The van der Waals surface area contributed by atoms with Gasteiger partial charge in [0.2, 0.25) is 10.0 Å². The molecule has 0 heterocycles. The summed E-state index contributed by atoms with van der Waals surface area (Å²) in [6.07, 6.45) is 1.30. The summed E-state index contributed by atoms with van der Waals surface area (Å²) in [5.41, 5.74) is 5.18. The smallest absolute Gasteiger partial charge is 0.243 e. The molecule has 21 heavy (non-hydrogen) atoms. The summed E-state index contributed by atoms with van der Waals surface area (Å²) in [7, 11) is -4.13. The van der Waals surface area contributed by atoms with Crippen molar-refractivity contribution in [1.82, 2.24) is 4.72 Å². The molecule has 0 aliphatic carbocycles. The van der Waals surface area contributed by atoms with Crippen LogP contribution < -0.4 is 10.5 Å². The van der Waals surface area contributed by atoms with Crippen molar-refractivity contribution in [1.29, 1.82) is 0 Å². The van der Waals surface area contributed by atoms with Crippen LogP contribution in [0, 0.1) is 11.6 Å². The second-order valence-electron chi connectivity index (χ2n) is 4.84. The Morgan fingerprint density at radius 3 is 2.57 bits per heavy atom. The van der Waals surface area contributed by atoms with Crippen LogP contribution in [-0.4, -0.2) is 27.7 Å². The number of unbranched alkanes of at least 4 members (excludes halogenated alkanes) is 1. The minimum absolute atomic E-state index is 0.111. The number of hydrogen-bond donors (Lipinski definition) is 2. The average molecular weight is 322 g/mol. The zero-order valence-electron chi connectivity index (χ0n) is 12.0. The van der Waals surface area contributed by atoms with Gasteiger partial charge in [0.25, 0.3) is 0 Å². The number of hydrogen-bond acceptors (Lipinski definition) is 4. The van der Waals surface area contributed by atoms with Gasteiger partial charge in [0.05, 0.1) is 6.10 Å². The van der Waals surface area contributed by atoms with Gasteiger partial charge in [-0.1, -0.05) is 0 Å². The monoisotopic (exact) mass is 322 g/mol. The SMILES string of the molecule is CC(C)OCCCCNS(=O)(=O)c1cc(N)cc(F)c1F. The number of nitrogens with two attached hydrogens (primary N) is 1. The van der Waals surface area contributed by atoms with Crippen molar-refractivity contribution >= 4 is 15.7 Å². The van der Waals surface area contributed by atoms with Gasteiger partial charge in [0.1, 0.15) is 4.90 Å². The van der Waals surface area contributed by atoms with E-state index in [4.69, 9.17) is 10.5 Å². The number of nitrogen functional groups attached to an aromatic ring is 1. The normalized spacial score (nSPS) is 12.0. The first-order valence-electron chi connectivity index (χ1n) is 6.60. The lowest BCUT2D eigenvalue weighted by Crippen LogP contribution is -2.26. The van der Waals surface area contributed by atoms with Gasteiger partial charge in [0, 0.05) is 18.8 Å². The van der Waals surface area contributed by atoms with Crippen LogP contribution in [0.5, 0.6) is 0 Å². The molecule has 0 saturated carbocycles. The predicted molar refractivity (Wildman–Crippen MR) is 76.3 cm³/mol. The quantitative estimate of drug-likeness (QED) is 0.567. The van der Waals surface area contributed by atoms with Gasteiger partial charge < -0.3 is 10.5 Å². The number of ether oxygens (including phenoxy) is 1. The largest absolute Gasteiger partial charge is 0.399 e. The van der Waals surface area contributed by atoms with Crippen LogP contribution in [0.25, 0.3) is 0 Å². The van der Waals surface area contributed by atoms with Crippen LogP contribution in [0.3, 0.4) is 0 Å². The van der Waals surface area contributed by atoms with Crippen molar-refractivity contribution in [3.63, 3.8) is 0 Å². The lowest BCUT2D eigenvalue weighted by Gasteiger charge is -2.10. The van der Waals surface area contributed by atoms with Crippen LogP contribution in [0.2, 0.25) is 0 Å². The van der Waals surface area contributed by atoms with Gasteiger partial charge in [-0.15, -0.1) is 0 Å². The second-order valence-corrected chi connectivity index (χ2v) is 6.57. The van der Waals surface area contributed by atoms with Crippen LogP contribution in [0.15, 0.2) is 17.0 Å². The molecule has 3 N–H and O–H groups in total. The van der Waals surface area contributed by atoms with Gasteiger partial charge in [-0.05, 0) is 38.8 Å². The van der Waals surface area contributed by atoms with Crippen molar-refractivity contribution in [3.05, 3.63) is 23.8 Å². The van der Waals surface area contributed by atoms with E-state index in [1.807, 2.05) is 13.8 Å². The van der Waals surface area contributed by atoms with E-state index in [1.54, 1.807) is 0 Å². The summed E-state index contributed by atoms with van der Waals surface area (Å²) >= 11 is 0. The molecule has 0 unspecified atom stereocenters. The zero-order chi connectivity index (χ0) is 16.0. The van der Waals surface area contributed by atoms with Crippen molar-refractivity contribution in [2.24, 2.45) is 0 Å². The number of halogens is 2. The van der Waals surface area contributed by atoms with Gasteiger partial charge in [0.15, 0.2) is 11.6 Å². The zero-order valence-corrected chi connectivity index (χ0v) is 12.8. The Labute approximate surface area is 123 Å². The molecule has 1 aromatic carbocycles. The third-order valence-corrected chi connectivity index (χ3v) is 4.08. The Balaban J connectivity index is 2.59. The topological polar surface area (TPSA) is 81.4 Å². The van der Waals surface area contributed by atoms with Gasteiger partial charge >= 0.3 is 0 Å². The maximum Gasteiger partial charge on any atom is 0.243 e. The second kappa shape index (κ2) is 7.67. The molecule has 120 valence electrons. The Hall–Kier alpha value is -1.25. The molecule has 1 rings (SSSR count). The summed E-state index contributed by atoms with van der Waals surface area (Å²) in [4.78, 5) is -0.779. The molecular weight excluding hydrogens is 302 g/mol. The number of anilines is 1. The minimum Gasteiger partial charge on any atom is -0.399 e. The molecule has 0 radical (unpaired) electrons. The highest BCUT2D eigenvalue weighted by Gasteiger charge is 2.22. The Bertz CT molecular complexity index is 577. The highest BCUT2D eigenvalue weighted by atomic mass is 32.2. The molecule has 0 saturated heterocycles. The predicted octanol–water partition coefficient (Wildman–Crippen LogP) is 2.03. The lowest BCUT2D eigenvalue weighted by atomic mass is 10.3. The molecule has 0 bridgehead atoms. The molecule has 0 fully saturated rings. The van der Waals surface area contributed by atoms with Gasteiger partial charge in [-0.25, -0.2) is 21.9 Å². The van der Waals surface area contributed by atoms with E-state index in [2.05, 4.69) is 4.72 Å². The molecule has 0 amide bonds. The molecular formula is C13H20F2N2O3S. The first-order valence-corrected chi connectivity index (χ1v) is 8.08. The fourth-order valence-electron chi connectivity index (χ4n) is 1.61. The maximum absolute atomic E-state index is 13.5. The molecule has 0 aliphatic heterocycles. The number of nitrogens with one attached hydrogen (secondary N) is 1. The van der Waals surface area contributed by atoms with E-state index in [0.29, 0.717) is 19.4 Å². The fraction of sp³-hybridized carbons (Fsp3) is 0.538. The highest BCUT2D eigenvalue weighted by molar-refractivity contribution is 7.89. The van der Waals surface area contributed by atoms with Crippen LogP contribution in [-0.2, 0) is 14.8 Å². The van der Waals surface area contributed by atoms with Crippen LogP contribution in [0.1, 0.15) is 26.7 Å². The third-order valence-electron chi connectivity index (χ3n) is 2.62. The minimum atomic E-state index is -4.13. The van der Waals surface area contributed by atoms with Crippen molar-refractivity contribution < 1.29 is 21.9 Å². The van der Waals surface area contributed by atoms with Crippen molar-refractivity contribution in [2.75, 3.05) is 18.9 Å². The molecule has 0 atom stereocenters. The molecule has 5 nitrogen and oxygen atoms in total. The summed E-state index contributed by atoms with van der Waals surface area (Å²) in [5.74, 6) is -2.72. The van der Waals surface area contributed by atoms with Crippen LogP contribution >= 0.6 is 0 Å². The number of benzene rings is 1. The standard InChI is InChI=1S/C13H20F2N2O3S/c1-9(2)20-6-4-3-5-17-21(18,19)12-8-10(16)7-11(14)13(12)15/h7-9,17H,3-6,16H2,1-2H3. The highest BCUT2D eigenvalue weighted by Crippen LogP contribution is 2.20. The van der Waals surface area contributed by atoms with E-state index in [0.717, 1.165) is 12.1 Å². The summed E-state index contributed by atoms with van der Waals surface area (Å²) in [6, 6.07) is 1.63. The van der Waals surface area contributed by atoms with Gasteiger partial charge in [-0.2, -0.15) is 0 Å². The fourth-order valence-corrected chi connectivity index (χ4v) is 2.80. The van der Waals surface area contributed by atoms with E-state index in [-0.39, 0.29) is 18.3 Å². The summed E-state index contributed by atoms with van der Waals surface area (Å²) in [5, 5.41) is 0. The van der Waals surface area contributed by atoms with Gasteiger partial charge in [-0.3, -0.25) is 0 Å². The van der Waals surface area contributed by atoms with Crippen molar-refractivity contribution in [2.45, 2.75) is 37.7 Å². The lowest BCUT2D eigenvalue weighted by molar-refractivity contribution is 0.0762.